The summed E-state index contributed by atoms with van der Waals surface area (Å²) < 4.78 is 30.9. The molecule has 9 nitrogen and oxygen atoms in total. The van der Waals surface area contributed by atoms with E-state index in [0.29, 0.717) is 32.8 Å². The van der Waals surface area contributed by atoms with E-state index in [1.807, 2.05) is 22.6 Å². The second-order valence-electron chi connectivity index (χ2n) is 8.14. The lowest BCUT2D eigenvalue weighted by atomic mass is 10.1. The molecule has 0 atom stereocenters. The first-order valence-electron chi connectivity index (χ1n) is 11.7. The van der Waals surface area contributed by atoms with Crippen LogP contribution in [-0.2, 0) is 20.9 Å². The largest absolute Gasteiger partial charge is 0.490 e. The molecular weight excluding hydrogens is 622 g/mol. The van der Waals surface area contributed by atoms with E-state index in [0.717, 1.165) is 4.90 Å². The normalized spacial score (nSPS) is 14.3. The smallest absolute Gasteiger partial charge is 0.337 e. The van der Waals surface area contributed by atoms with Crippen LogP contribution in [0.3, 0.4) is 0 Å². The van der Waals surface area contributed by atoms with Crippen LogP contribution in [0.5, 0.6) is 11.5 Å². The number of urea groups is 1. The van der Waals surface area contributed by atoms with Gasteiger partial charge in [0, 0.05) is 5.56 Å². The Morgan fingerprint density at radius 2 is 1.77 bits per heavy atom. The standard InChI is InChI=1S/C28H22FIN2O7/c1-3-38-23-14-16(13-22(30)24(23)39-15-18-6-4-5-7-21(18)29)12-20-25(33)31-28(36)32(26(20)34)19-10-8-17(9-11-19)27(35)37-2/h4-14H,3,15H2,1-2H3,(H,31,33,36)/b20-12+. The molecule has 11 heteroatoms. The molecule has 0 spiro atoms. The van der Waals surface area contributed by atoms with Crippen molar-refractivity contribution in [2.45, 2.75) is 13.5 Å². The third kappa shape index (κ3) is 6.08. The van der Waals surface area contributed by atoms with E-state index < -0.39 is 29.6 Å². The Balaban J connectivity index is 1.65. The molecule has 1 fully saturated rings. The van der Waals surface area contributed by atoms with E-state index in [1.165, 1.54) is 43.5 Å². The third-order valence-corrected chi connectivity index (χ3v) is 6.42. The molecular formula is C28H22FIN2O7. The highest BCUT2D eigenvalue weighted by Gasteiger charge is 2.37. The summed E-state index contributed by atoms with van der Waals surface area (Å²) in [5.41, 5.74) is 0.911. The molecule has 200 valence electrons. The molecule has 1 heterocycles. The second-order valence-corrected chi connectivity index (χ2v) is 9.30. The summed E-state index contributed by atoms with van der Waals surface area (Å²) in [5, 5.41) is 2.16. The van der Waals surface area contributed by atoms with Gasteiger partial charge in [0.2, 0.25) is 0 Å². The summed E-state index contributed by atoms with van der Waals surface area (Å²) in [6.45, 7) is 2.05. The summed E-state index contributed by atoms with van der Waals surface area (Å²) in [6, 6.07) is 14.2. The van der Waals surface area contributed by atoms with Gasteiger partial charge in [-0.2, -0.15) is 0 Å². The lowest BCUT2D eigenvalue weighted by Crippen LogP contribution is -2.54. The lowest BCUT2D eigenvalue weighted by Gasteiger charge is -2.26. The maximum atomic E-state index is 14.1. The highest BCUT2D eigenvalue weighted by Crippen LogP contribution is 2.36. The topological polar surface area (TPSA) is 111 Å². The zero-order valence-corrected chi connectivity index (χ0v) is 23.0. The molecule has 0 aliphatic carbocycles. The Kier molecular flexibility index (Phi) is 8.59. The van der Waals surface area contributed by atoms with Gasteiger partial charge >= 0.3 is 12.0 Å². The number of carbonyl (C=O) groups excluding carboxylic acids is 4. The van der Waals surface area contributed by atoms with Crippen molar-refractivity contribution in [1.29, 1.82) is 0 Å². The Morgan fingerprint density at radius 1 is 1.05 bits per heavy atom. The minimum Gasteiger partial charge on any atom is -0.490 e. The number of barbiturate groups is 1. The highest BCUT2D eigenvalue weighted by atomic mass is 127. The quantitative estimate of drug-likeness (QED) is 0.161. The Hall–Kier alpha value is -4.26. The number of carbonyl (C=O) groups is 4. The molecule has 1 aliphatic heterocycles. The van der Waals surface area contributed by atoms with Gasteiger partial charge in [-0.05, 0) is 83.6 Å². The van der Waals surface area contributed by atoms with Gasteiger partial charge in [0.05, 0.1) is 28.5 Å². The first kappa shape index (κ1) is 27.8. The maximum Gasteiger partial charge on any atom is 0.337 e. The highest BCUT2D eigenvalue weighted by molar-refractivity contribution is 14.1. The van der Waals surface area contributed by atoms with Crippen molar-refractivity contribution < 1.29 is 37.8 Å². The SMILES string of the molecule is CCOc1cc(/C=C2\C(=O)NC(=O)N(c3ccc(C(=O)OC)cc3)C2=O)cc(I)c1OCc1ccccc1F. The van der Waals surface area contributed by atoms with Gasteiger partial charge in [-0.25, -0.2) is 18.9 Å². The van der Waals surface area contributed by atoms with Crippen LogP contribution >= 0.6 is 22.6 Å². The van der Waals surface area contributed by atoms with Crippen LogP contribution in [0.25, 0.3) is 6.08 Å². The molecule has 1 saturated heterocycles. The maximum absolute atomic E-state index is 14.1. The van der Waals surface area contributed by atoms with Gasteiger partial charge in [-0.15, -0.1) is 0 Å². The number of benzene rings is 3. The molecule has 3 aromatic carbocycles. The van der Waals surface area contributed by atoms with Crippen LogP contribution < -0.4 is 19.7 Å². The summed E-state index contributed by atoms with van der Waals surface area (Å²) in [6.07, 6.45) is 1.34. The number of imide groups is 2. The summed E-state index contributed by atoms with van der Waals surface area (Å²) >= 11 is 2.02. The van der Waals surface area contributed by atoms with Crippen LogP contribution in [0, 0.1) is 9.39 Å². The fourth-order valence-corrected chi connectivity index (χ4v) is 4.54. The molecule has 1 aliphatic rings. The van der Waals surface area contributed by atoms with Crippen molar-refractivity contribution in [1.82, 2.24) is 5.32 Å². The molecule has 0 aromatic heterocycles. The number of amides is 4. The third-order valence-electron chi connectivity index (χ3n) is 5.62. The number of hydrogen-bond donors (Lipinski definition) is 1. The van der Waals surface area contributed by atoms with Crippen LogP contribution in [-0.4, -0.2) is 37.5 Å². The zero-order valence-electron chi connectivity index (χ0n) is 20.8. The molecule has 0 bridgehead atoms. The van der Waals surface area contributed by atoms with Gasteiger partial charge in [0.15, 0.2) is 11.5 Å². The van der Waals surface area contributed by atoms with E-state index in [9.17, 15) is 23.6 Å². The van der Waals surface area contributed by atoms with Crippen LogP contribution in [0.15, 0.2) is 66.2 Å². The van der Waals surface area contributed by atoms with Crippen molar-refractivity contribution in [3.8, 4) is 11.5 Å². The fourth-order valence-electron chi connectivity index (χ4n) is 3.76. The van der Waals surface area contributed by atoms with Crippen molar-refractivity contribution in [2.75, 3.05) is 18.6 Å². The van der Waals surface area contributed by atoms with Crippen molar-refractivity contribution in [3.05, 3.63) is 92.3 Å². The molecule has 0 unspecified atom stereocenters. The minimum absolute atomic E-state index is 0.0318. The number of esters is 1. The molecule has 0 saturated carbocycles. The number of hydrogen-bond acceptors (Lipinski definition) is 7. The number of halogens is 2. The predicted molar refractivity (Wildman–Crippen MR) is 148 cm³/mol. The van der Waals surface area contributed by atoms with Crippen molar-refractivity contribution in [3.63, 3.8) is 0 Å². The van der Waals surface area contributed by atoms with Gasteiger partial charge in [-0.3, -0.25) is 14.9 Å². The molecule has 0 radical (unpaired) electrons. The zero-order chi connectivity index (χ0) is 28.1. The number of anilines is 1. The van der Waals surface area contributed by atoms with Gasteiger partial charge < -0.3 is 14.2 Å². The van der Waals surface area contributed by atoms with E-state index >= 15 is 0 Å². The van der Waals surface area contributed by atoms with Crippen LogP contribution in [0.1, 0.15) is 28.4 Å². The first-order chi connectivity index (χ1) is 18.7. The first-order valence-corrected chi connectivity index (χ1v) is 12.7. The molecule has 3 aromatic rings. The number of nitrogens with zero attached hydrogens (tertiary/aromatic N) is 1. The fraction of sp³-hybridized carbons (Fsp3) is 0.143. The molecule has 39 heavy (non-hydrogen) atoms. The second kappa shape index (κ2) is 12.1. The van der Waals surface area contributed by atoms with Gasteiger partial charge in [0.25, 0.3) is 11.8 Å². The van der Waals surface area contributed by atoms with Crippen molar-refractivity contribution >= 4 is 58.2 Å². The Labute approximate surface area is 236 Å². The number of rotatable bonds is 8. The van der Waals surface area contributed by atoms with Gasteiger partial charge in [-0.1, -0.05) is 18.2 Å². The van der Waals surface area contributed by atoms with E-state index in [2.05, 4.69) is 10.1 Å². The molecule has 4 amide bonds. The Bertz CT molecular complexity index is 1490. The molecule has 1 N–H and O–H groups in total. The number of nitrogens with one attached hydrogen (secondary N) is 1. The summed E-state index contributed by atoms with van der Waals surface area (Å²) in [7, 11) is 1.24. The number of ether oxygens (including phenoxy) is 3. The number of methoxy groups -OCH3 is 1. The summed E-state index contributed by atoms with van der Waals surface area (Å²) in [5.74, 6) is -1.96. The molecule has 4 rings (SSSR count). The Morgan fingerprint density at radius 3 is 2.44 bits per heavy atom. The monoisotopic (exact) mass is 644 g/mol. The average Bonchev–Trinajstić information content (AvgIpc) is 2.91. The predicted octanol–water partition coefficient (Wildman–Crippen LogP) is 4.86. The summed E-state index contributed by atoms with van der Waals surface area (Å²) in [4.78, 5) is 50.9. The van der Waals surface area contributed by atoms with Crippen molar-refractivity contribution in [2.24, 2.45) is 0 Å². The minimum atomic E-state index is -0.922. The average molecular weight is 644 g/mol. The van der Waals surface area contributed by atoms with E-state index in [-0.39, 0.29) is 23.4 Å². The lowest BCUT2D eigenvalue weighted by molar-refractivity contribution is -0.122. The van der Waals surface area contributed by atoms with E-state index in [4.69, 9.17) is 9.47 Å². The van der Waals surface area contributed by atoms with Crippen LogP contribution in [0.2, 0.25) is 0 Å². The van der Waals surface area contributed by atoms with Crippen LogP contribution in [0.4, 0.5) is 14.9 Å². The van der Waals surface area contributed by atoms with Gasteiger partial charge in [0.1, 0.15) is 18.0 Å². The van der Waals surface area contributed by atoms with E-state index in [1.54, 1.807) is 37.3 Å².